The van der Waals surface area contributed by atoms with Crippen LogP contribution in [0.25, 0.3) is 0 Å². The molecule has 1 fully saturated rings. The van der Waals surface area contributed by atoms with Gasteiger partial charge in [0, 0.05) is 31.6 Å². The molecule has 2 N–H and O–H groups in total. The Labute approximate surface area is 163 Å². The first-order valence-electron chi connectivity index (χ1n) is 10.2. The number of aryl methyl sites for hydroxylation is 1. The summed E-state index contributed by atoms with van der Waals surface area (Å²) < 4.78 is 0. The molecule has 6 heteroatoms. The third-order valence-electron chi connectivity index (χ3n) is 4.86. The van der Waals surface area contributed by atoms with E-state index in [-0.39, 0.29) is 0 Å². The van der Waals surface area contributed by atoms with Crippen LogP contribution in [0.3, 0.4) is 0 Å². The fourth-order valence-corrected chi connectivity index (χ4v) is 3.92. The van der Waals surface area contributed by atoms with Gasteiger partial charge in [-0.1, -0.05) is 13.8 Å². The van der Waals surface area contributed by atoms with E-state index in [1.54, 1.807) is 11.3 Å². The lowest BCUT2D eigenvalue weighted by Gasteiger charge is -2.30. The Balaban J connectivity index is 1.69. The molecule has 2 heterocycles. The zero-order valence-electron chi connectivity index (χ0n) is 17.1. The van der Waals surface area contributed by atoms with Gasteiger partial charge in [-0.15, -0.1) is 11.3 Å². The molecule has 0 spiro atoms. The number of guanidine groups is 1. The average Bonchev–Trinajstić information content (AvgIpc) is 3.02. The molecule has 0 aromatic carbocycles. The van der Waals surface area contributed by atoms with Crippen LogP contribution < -0.4 is 10.6 Å². The summed E-state index contributed by atoms with van der Waals surface area (Å²) in [6, 6.07) is 0. The third kappa shape index (κ3) is 8.04. The van der Waals surface area contributed by atoms with E-state index in [0.717, 1.165) is 51.1 Å². The average molecular weight is 380 g/mol. The highest BCUT2D eigenvalue weighted by molar-refractivity contribution is 7.09. The van der Waals surface area contributed by atoms with Crippen molar-refractivity contribution in [2.75, 3.05) is 32.7 Å². The van der Waals surface area contributed by atoms with Crippen molar-refractivity contribution in [2.45, 2.75) is 59.9 Å². The second kappa shape index (κ2) is 11.5. The Morgan fingerprint density at radius 3 is 2.73 bits per heavy atom. The monoisotopic (exact) mass is 379 g/mol. The minimum absolute atomic E-state index is 0.703. The van der Waals surface area contributed by atoms with Crippen molar-refractivity contribution in [1.82, 2.24) is 20.5 Å². The molecule has 0 bridgehead atoms. The number of hydrogen-bond donors (Lipinski definition) is 2. The summed E-state index contributed by atoms with van der Waals surface area (Å²) in [5.74, 6) is 2.46. The summed E-state index contributed by atoms with van der Waals surface area (Å²) in [5.41, 5.74) is 1.23. The molecule has 2 rings (SSSR count). The van der Waals surface area contributed by atoms with Gasteiger partial charge in [-0.2, -0.15) is 0 Å². The molecular weight excluding hydrogens is 342 g/mol. The zero-order valence-corrected chi connectivity index (χ0v) is 17.9. The number of aromatic nitrogens is 1. The summed E-state index contributed by atoms with van der Waals surface area (Å²) in [5, 5.41) is 10.2. The van der Waals surface area contributed by atoms with E-state index in [1.165, 1.54) is 36.4 Å². The smallest absolute Gasteiger partial charge is 0.191 e. The van der Waals surface area contributed by atoms with Gasteiger partial charge in [0.2, 0.25) is 0 Å². The van der Waals surface area contributed by atoms with E-state index in [0.29, 0.717) is 5.92 Å². The number of thiazole rings is 1. The minimum atomic E-state index is 0.703. The molecule has 1 aliphatic rings. The Bertz CT molecular complexity index is 532. The van der Waals surface area contributed by atoms with Crippen molar-refractivity contribution in [1.29, 1.82) is 0 Å². The molecule has 148 valence electrons. The number of aliphatic imine (C=N–C) groups is 1. The van der Waals surface area contributed by atoms with Crippen molar-refractivity contribution in [3.63, 3.8) is 0 Å². The van der Waals surface area contributed by atoms with E-state index >= 15 is 0 Å². The number of nitrogens with one attached hydrogen (secondary N) is 2. The molecule has 0 atom stereocenters. The Hall–Kier alpha value is -1.14. The van der Waals surface area contributed by atoms with Crippen LogP contribution in [-0.4, -0.2) is 48.6 Å². The molecule has 1 aromatic rings. The second-order valence-corrected chi connectivity index (χ2v) is 8.82. The molecule has 1 aliphatic heterocycles. The molecule has 0 amide bonds. The molecule has 0 aliphatic carbocycles. The van der Waals surface area contributed by atoms with E-state index in [4.69, 9.17) is 4.99 Å². The fraction of sp³-hybridized carbons (Fsp3) is 0.800. The van der Waals surface area contributed by atoms with Gasteiger partial charge in [0.25, 0.3) is 0 Å². The topological polar surface area (TPSA) is 52.6 Å². The quantitative estimate of drug-likeness (QED) is 0.391. The van der Waals surface area contributed by atoms with Gasteiger partial charge in [0.1, 0.15) is 0 Å². The van der Waals surface area contributed by atoms with Gasteiger partial charge >= 0.3 is 0 Å². The largest absolute Gasteiger partial charge is 0.357 e. The highest BCUT2D eigenvalue weighted by Crippen LogP contribution is 2.20. The van der Waals surface area contributed by atoms with Gasteiger partial charge < -0.3 is 10.6 Å². The summed E-state index contributed by atoms with van der Waals surface area (Å²) in [4.78, 5) is 12.0. The van der Waals surface area contributed by atoms with E-state index in [9.17, 15) is 0 Å². The lowest BCUT2D eigenvalue weighted by Crippen LogP contribution is -2.39. The van der Waals surface area contributed by atoms with Crippen LogP contribution in [0.2, 0.25) is 0 Å². The number of nitrogens with zero attached hydrogens (tertiary/aromatic N) is 3. The number of piperidine rings is 1. The van der Waals surface area contributed by atoms with Gasteiger partial charge in [0.05, 0.1) is 10.7 Å². The standard InChI is InChI=1S/C20H37N5S/c1-5-21-20(22-10-6-7-16(2)3)23-13-18-8-11-25(12-9-18)14-19-15-26-17(4)24-19/h15-16,18H,5-14H2,1-4H3,(H2,21,22,23). The van der Waals surface area contributed by atoms with Gasteiger partial charge in [0.15, 0.2) is 5.96 Å². The van der Waals surface area contributed by atoms with Crippen LogP contribution in [0.5, 0.6) is 0 Å². The zero-order chi connectivity index (χ0) is 18.8. The predicted molar refractivity (Wildman–Crippen MR) is 113 cm³/mol. The van der Waals surface area contributed by atoms with E-state index in [1.807, 2.05) is 0 Å². The molecule has 0 radical (unpaired) electrons. The van der Waals surface area contributed by atoms with Crippen molar-refractivity contribution in [3.05, 3.63) is 16.1 Å². The molecule has 5 nitrogen and oxygen atoms in total. The normalized spacial score (nSPS) is 17.0. The lowest BCUT2D eigenvalue weighted by molar-refractivity contribution is 0.179. The van der Waals surface area contributed by atoms with Crippen LogP contribution in [0.15, 0.2) is 10.4 Å². The fourth-order valence-electron chi connectivity index (χ4n) is 3.32. The van der Waals surface area contributed by atoms with Gasteiger partial charge in [-0.3, -0.25) is 9.89 Å². The van der Waals surface area contributed by atoms with Crippen molar-refractivity contribution in [3.8, 4) is 0 Å². The maximum atomic E-state index is 4.83. The van der Waals surface area contributed by atoms with E-state index in [2.05, 4.69) is 53.6 Å². The predicted octanol–water partition coefficient (Wildman–Crippen LogP) is 3.65. The Morgan fingerprint density at radius 1 is 1.35 bits per heavy atom. The molecule has 0 unspecified atom stereocenters. The van der Waals surface area contributed by atoms with E-state index < -0.39 is 0 Å². The van der Waals surface area contributed by atoms with Crippen molar-refractivity contribution < 1.29 is 0 Å². The number of rotatable bonds is 9. The third-order valence-corrected chi connectivity index (χ3v) is 5.68. The maximum Gasteiger partial charge on any atom is 0.191 e. The highest BCUT2D eigenvalue weighted by Gasteiger charge is 2.19. The molecule has 26 heavy (non-hydrogen) atoms. The van der Waals surface area contributed by atoms with Crippen LogP contribution >= 0.6 is 11.3 Å². The molecule has 0 saturated carbocycles. The van der Waals surface area contributed by atoms with Crippen molar-refractivity contribution in [2.24, 2.45) is 16.8 Å². The summed E-state index contributed by atoms with van der Waals surface area (Å²) in [6.07, 6.45) is 4.94. The van der Waals surface area contributed by atoms with Crippen molar-refractivity contribution >= 4 is 17.3 Å². The maximum absolute atomic E-state index is 4.83. The number of hydrogen-bond acceptors (Lipinski definition) is 4. The minimum Gasteiger partial charge on any atom is -0.357 e. The highest BCUT2D eigenvalue weighted by atomic mass is 32.1. The van der Waals surface area contributed by atoms with Gasteiger partial charge in [-0.25, -0.2) is 4.98 Å². The van der Waals surface area contributed by atoms with Crippen LogP contribution in [0, 0.1) is 18.8 Å². The first kappa shape index (κ1) is 21.2. The summed E-state index contributed by atoms with van der Waals surface area (Å²) in [6.45, 7) is 15.0. The first-order valence-corrected chi connectivity index (χ1v) is 11.1. The Morgan fingerprint density at radius 2 is 2.12 bits per heavy atom. The van der Waals surface area contributed by atoms with Crippen LogP contribution in [0.4, 0.5) is 0 Å². The molecule has 1 aromatic heterocycles. The SMILES string of the molecule is CCNC(=NCC1CCN(Cc2csc(C)n2)CC1)NCCCC(C)C. The van der Waals surface area contributed by atoms with Gasteiger partial charge in [-0.05, 0) is 64.5 Å². The lowest BCUT2D eigenvalue weighted by atomic mass is 9.97. The molecular formula is C20H37N5S. The Kier molecular flexibility index (Phi) is 9.40. The van der Waals surface area contributed by atoms with Crippen LogP contribution in [0.1, 0.15) is 57.2 Å². The second-order valence-electron chi connectivity index (χ2n) is 7.76. The first-order chi connectivity index (χ1) is 12.6. The summed E-state index contributed by atoms with van der Waals surface area (Å²) in [7, 11) is 0. The summed E-state index contributed by atoms with van der Waals surface area (Å²) >= 11 is 1.75. The number of likely N-dealkylation sites (tertiary alicyclic amines) is 1. The molecule has 1 saturated heterocycles. The van der Waals surface area contributed by atoms with Crippen LogP contribution in [-0.2, 0) is 6.54 Å².